The number of ether oxygens (including phenoxy) is 2. The van der Waals surface area contributed by atoms with Gasteiger partial charge in [-0.25, -0.2) is 0 Å². The first kappa shape index (κ1) is 44.4. The zero-order valence-corrected chi connectivity index (χ0v) is 35.6. The van der Waals surface area contributed by atoms with Crippen molar-refractivity contribution in [3.63, 3.8) is 0 Å². The first-order valence-electron chi connectivity index (χ1n) is 20.3. The van der Waals surface area contributed by atoms with Gasteiger partial charge in [0.25, 0.3) is 0 Å². The van der Waals surface area contributed by atoms with Crippen molar-refractivity contribution in [3.8, 4) is 12.0 Å². The normalized spacial score (nSPS) is 18.6. The highest BCUT2D eigenvalue weighted by atomic mass is 16.5. The van der Waals surface area contributed by atoms with Crippen LogP contribution in [0.2, 0.25) is 0 Å². The van der Waals surface area contributed by atoms with Gasteiger partial charge in [-0.3, -0.25) is 0 Å². The van der Waals surface area contributed by atoms with Gasteiger partial charge in [0.15, 0.2) is 0 Å². The molecule has 0 atom stereocenters. The summed E-state index contributed by atoms with van der Waals surface area (Å²) in [5.74, 6) is 2.09. The van der Waals surface area contributed by atoms with E-state index < -0.39 is 0 Å². The number of hydrogen-bond acceptors (Lipinski definition) is 14. The van der Waals surface area contributed by atoms with Crippen molar-refractivity contribution in [1.82, 2.24) is 40.5 Å². The maximum absolute atomic E-state index is 6.14. The van der Waals surface area contributed by atoms with Crippen LogP contribution in [0.25, 0.3) is 0 Å². The molecule has 0 aliphatic carbocycles. The van der Waals surface area contributed by atoms with Gasteiger partial charge in [-0.05, 0) is 107 Å². The van der Waals surface area contributed by atoms with E-state index in [1.807, 2.05) is 34.1 Å². The Bertz CT molecular complexity index is 1440. The first-order valence-corrected chi connectivity index (χ1v) is 20.3. The molecule has 0 spiro atoms. The predicted molar refractivity (Wildman–Crippen MR) is 230 cm³/mol. The number of rotatable bonds is 23. The monoisotopic (exact) mass is 775 g/mol. The SMILES string of the molecule is C=CCN(CC=C)c1nc(NC2CC(C)(C)NC(C)(C)C2)nc(OCCCCCCOc2nc(NC3CC(C)(C)NC(C)(C)C3)nc(N(CC=C)CC=C)n2)n1. The lowest BCUT2D eigenvalue weighted by Crippen LogP contribution is -2.60. The molecule has 2 saturated heterocycles. The summed E-state index contributed by atoms with van der Waals surface area (Å²) < 4.78 is 12.3. The molecule has 2 aliphatic rings. The maximum atomic E-state index is 6.14. The molecule has 2 aliphatic heterocycles. The lowest BCUT2D eigenvalue weighted by atomic mass is 9.79. The number of aromatic nitrogens is 6. The van der Waals surface area contributed by atoms with Crippen LogP contribution in [0, 0.1) is 0 Å². The summed E-state index contributed by atoms with van der Waals surface area (Å²) in [5.41, 5.74) is -0.0883. The highest BCUT2D eigenvalue weighted by molar-refractivity contribution is 5.42. The third kappa shape index (κ3) is 14.3. The van der Waals surface area contributed by atoms with Gasteiger partial charge in [0.05, 0.1) is 13.2 Å². The van der Waals surface area contributed by atoms with Crippen molar-refractivity contribution in [1.29, 1.82) is 0 Å². The van der Waals surface area contributed by atoms with E-state index >= 15 is 0 Å². The summed E-state index contributed by atoms with van der Waals surface area (Å²) in [6, 6.07) is 0.997. The molecular weight excluding hydrogens is 705 g/mol. The first-order chi connectivity index (χ1) is 26.4. The van der Waals surface area contributed by atoms with Gasteiger partial charge < -0.3 is 40.5 Å². The third-order valence-electron chi connectivity index (χ3n) is 9.72. The van der Waals surface area contributed by atoms with Crippen LogP contribution in [0.5, 0.6) is 12.0 Å². The van der Waals surface area contributed by atoms with E-state index in [1.165, 1.54) is 0 Å². The molecule has 4 N–H and O–H groups in total. The second kappa shape index (κ2) is 19.7. The molecule has 0 amide bonds. The molecule has 310 valence electrons. The minimum atomic E-state index is -0.0221. The maximum Gasteiger partial charge on any atom is 0.323 e. The highest BCUT2D eigenvalue weighted by Gasteiger charge is 2.39. The molecule has 0 bridgehead atoms. The molecule has 56 heavy (non-hydrogen) atoms. The van der Waals surface area contributed by atoms with Crippen LogP contribution in [0.3, 0.4) is 0 Å². The zero-order chi connectivity index (χ0) is 41.0. The van der Waals surface area contributed by atoms with Crippen LogP contribution in [-0.4, -0.2) is 104 Å². The Labute approximate surface area is 336 Å². The molecule has 14 nitrogen and oxygen atoms in total. The standard InChI is InChI=1S/C42H70N12O2/c1-13-21-53(22-14-2)35-45-33(43-31-27-39(5,6)51-40(7,8)28-31)47-37(49-35)55-25-19-17-18-20-26-56-38-48-34(46-36(50-38)54(23-15-3)24-16-4)44-32-29-41(9,10)52-42(11,12)30-32/h13-16,31-32,51-52H,1-4,17-30H2,5-12H3,(H,43,45,47,49)(H,44,46,48,50). The van der Waals surface area contributed by atoms with E-state index in [0.29, 0.717) is 75.2 Å². The fourth-order valence-electron chi connectivity index (χ4n) is 8.43. The molecular formula is C42H70N12O2. The molecule has 0 saturated carbocycles. The Hall–Kier alpha value is -4.30. The van der Waals surface area contributed by atoms with E-state index in [4.69, 9.17) is 29.4 Å². The van der Waals surface area contributed by atoms with E-state index in [-0.39, 0.29) is 34.2 Å². The molecule has 0 aromatic carbocycles. The molecule has 14 heteroatoms. The van der Waals surface area contributed by atoms with Gasteiger partial charge in [0.1, 0.15) is 0 Å². The summed E-state index contributed by atoms with van der Waals surface area (Å²) in [5, 5.41) is 14.7. The van der Waals surface area contributed by atoms with Crippen LogP contribution >= 0.6 is 0 Å². The molecule has 0 unspecified atom stereocenters. The van der Waals surface area contributed by atoms with Gasteiger partial charge >= 0.3 is 12.0 Å². The van der Waals surface area contributed by atoms with Crippen molar-refractivity contribution >= 4 is 23.8 Å². The van der Waals surface area contributed by atoms with Gasteiger partial charge in [-0.1, -0.05) is 24.3 Å². The highest BCUT2D eigenvalue weighted by Crippen LogP contribution is 2.32. The fraction of sp³-hybridized carbons (Fsp3) is 0.667. The average Bonchev–Trinajstić information content (AvgIpc) is 3.06. The van der Waals surface area contributed by atoms with Gasteiger partial charge in [-0.2, -0.15) is 29.9 Å². The summed E-state index contributed by atoms with van der Waals surface area (Å²) in [4.78, 5) is 32.3. The minimum absolute atomic E-state index is 0.0221. The number of hydrogen-bond donors (Lipinski definition) is 4. The van der Waals surface area contributed by atoms with Gasteiger partial charge in [-0.15, -0.1) is 26.3 Å². The summed E-state index contributed by atoms with van der Waals surface area (Å²) in [6.45, 7) is 36.8. The van der Waals surface area contributed by atoms with Crippen molar-refractivity contribution in [3.05, 3.63) is 50.6 Å². The van der Waals surface area contributed by atoms with Crippen LogP contribution in [0.4, 0.5) is 23.8 Å². The number of anilines is 4. The molecule has 2 fully saturated rings. The topological polar surface area (TPSA) is 150 Å². The molecule has 2 aromatic rings. The predicted octanol–water partition coefficient (Wildman–Crippen LogP) is 6.87. The molecule has 2 aromatic heterocycles. The molecule has 4 rings (SSSR count). The number of piperidine rings is 2. The summed E-state index contributed by atoms with van der Waals surface area (Å²) in [6.07, 6.45) is 14.6. The van der Waals surface area contributed by atoms with E-state index in [9.17, 15) is 0 Å². The van der Waals surface area contributed by atoms with Crippen LogP contribution < -0.4 is 40.5 Å². The average molecular weight is 775 g/mol. The van der Waals surface area contributed by atoms with Crippen molar-refractivity contribution in [2.75, 3.05) is 59.8 Å². The zero-order valence-electron chi connectivity index (χ0n) is 35.6. The Kier molecular flexibility index (Phi) is 15.6. The second-order valence-corrected chi connectivity index (χ2v) is 17.8. The Morgan fingerprint density at radius 3 is 1.16 bits per heavy atom. The van der Waals surface area contributed by atoms with Crippen LogP contribution in [0.15, 0.2) is 50.6 Å². The lowest BCUT2D eigenvalue weighted by molar-refractivity contribution is 0.169. The number of nitrogens with zero attached hydrogens (tertiary/aromatic N) is 8. The summed E-state index contributed by atoms with van der Waals surface area (Å²) >= 11 is 0. The Morgan fingerprint density at radius 2 is 0.857 bits per heavy atom. The van der Waals surface area contributed by atoms with Crippen molar-refractivity contribution < 1.29 is 9.47 Å². The molecule has 0 radical (unpaired) electrons. The second-order valence-electron chi connectivity index (χ2n) is 17.8. The number of nitrogens with one attached hydrogen (secondary N) is 4. The quantitative estimate of drug-likeness (QED) is 0.0687. The van der Waals surface area contributed by atoms with Crippen molar-refractivity contribution in [2.24, 2.45) is 0 Å². The smallest absolute Gasteiger partial charge is 0.323 e. The number of unbranched alkanes of at least 4 members (excludes halogenated alkanes) is 3. The third-order valence-corrected chi connectivity index (χ3v) is 9.72. The Balaban J connectivity index is 1.34. The van der Waals surface area contributed by atoms with E-state index in [1.54, 1.807) is 0 Å². The van der Waals surface area contributed by atoms with E-state index in [2.05, 4.69) is 113 Å². The van der Waals surface area contributed by atoms with Crippen LogP contribution in [0.1, 0.15) is 107 Å². The van der Waals surface area contributed by atoms with Crippen molar-refractivity contribution in [2.45, 2.75) is 141 Å². The summed E-state index contributed by atoms with van der Waals surface area (Å²) in [7, 11) is 0. The van der Waals surface area contributed by atoms with Crippen LogP contribution in [-0.2, 0) is 0 Å². The largest absolute Gasteiger partial charge is 0.463 e. The van der Waals surface area contributed by atoms with Gasteiger partial charge in [0.2, 0.25) is 23.8 Å². The fourth-order valence-corrected chi connectivity index (χ4v) is 8.43. The van der Waals surface area contributed by atoms with E-state index in [0.717, 1.165) is 51.4 Å². The van der Waals surface area contributed by atoms with Gasteiger partial charge in [0, 0.05) is 60.4 Å². The molecule has 4 heterocycles. The Morgan fingerprint density at radius 1 is 0.536 bits per heavy atom. The minimum Gasteiger partial charge on any atom is -0.463 e. The lowest BCUT2D eigenvalue weighted by Gasteiger charge is -2.46.